The molecule has 4 heteroatoms. The maximum atomic E-state index is 5.37. The van der Waals surface area contributed by atoms with Crippen molar-refractivity contribution in [2.75, 3.05) is 27.2 Å². The van der Waals surface area contributed by atoms with Gasteiger partial charge in [-0.2, -0.15) is 0 Å². The minimum absolute atomic E-state index is 0.656. The normalized spacial score (nSPS) is 16.2. The van der Waals surface area contributed by atoms with Crippen LogP contribution < -0.4 is 10.1 Å². The van der Waals surface area contributed by atoms with E-state index in [1.807, 2.05) is 12.1 Å². The number of halogens is 1. The van der Waals surface area contributed by atoms with Crippen LogP contribution in [0.5, 0.6) is 5.75 Å². The lowest BCUT2D eigenvalue weighted by Crippen LogP contribution is -2.55. The summed E-state index contributed by atoms with van der Waals surface area (Å²) in [4.78, 5) is 2.36. The highest BCUT2D eigenvalue weighted by Crippen LogP contribution is 2.24. The SMILES string of the molecule is COc1ccc(Br)cc1CN(C)C1CNC1. The van der Waals surface area contributed by atoms with Crippen LogP contribution in [0.15, 0.2) is 22.7 Å². The quantitative estimate of drug-likeness (QED) is 0.914. The fourth-order valence-electron chi connectivity index (χ4n) is 1.85. The van der Waals surface area contributed by atoms with E-state index in [4.69, 9.17) is 4.74 Å². The van der Waals surface area contributed by atoms with Crippen LogP contribution in [0, 0.1) is 0 Å². The largest absolute Gasteiger partial charge is 0.496 e. The molecule has 0 amide bonds. The Morgan fingerprint density at radius 2 is 2.25 bits per heavy atom. The zero-order valence-electron chi connectivity index (χ0n) is 9.66. The highest BCUT2D eigenvalue weighted by atomic mass is 79.9. The van der Waals surface area contributed by atoms with E-state index in [1.54, 1.807) is 7.11 Å². The molecule has 88 valence electrons. The van der Waals surface area contributed by atoms with Crippen molar-refractivity contribution in [2.24, 2.45) is 0 Å². The second-order valence-electron chi connectivity index (χ2n) is 4.18. The molecule has 0 bridgehead atoms. The van der Waals surface area contributed by atoms with E-state index in [0.717, 1.165) is 29.9 Å². The Labute approximate surface area is 105 Å². The van der Waals surface area contributed by atoms with E-state index >= 15 is 0 Å². The Bertz CT molecular complexity index is 366. The maximum absolute atomic E-state index is 5.37. The molecule has 1 heterocycles. The number of likely N-dealkylation sites (N-methyl/N-ethyl adjacent to an activating group) is 1. The number of hydrogen-bond acceptors (Lipinski definition) is 3. The molecule has 0 radical (unpaired) electrons. The highest BCUT2D eigenvalue weighted by molar-refractivity contribution is 9.10. The van der Waals surface area contributed by atoms with Gasteiger partial charge in [0.1, 0.15) is 5.75 Å². The van der Waals surface area contributed by atoms with E-state index in [9.17, 15) is 0 Å². The molecule has 1 saturated heterocycles. The van der Waals surface area contributed by atoms with Crippen LogP contribution in [0.2, 0.25) is 0 Å². The first-order valence-corrected chi connectivity index (χ1v) is 6.23. The van der Waals surface area contributed by atoms with Gasteiger partial charge in [-0.05, 0) is 25.2 Å². The zero-order valence-corrected chi connectivity index (χ0v) is 11.3. The molecule has 0 aromatic heterocycles. The lowest BCUT2D eigenvalue weighted by atomic mass is 10.1. The average molecular weight is 285 g/mol. The molecule has 16 heavy (non-hydrogen) atoms. The van der Waals surface area contributed by atoms with Gasteiger partial charge >= 0.3 is 0 Å². The van der Waals surface area contributed by atoms with Crippen LogP contribution in [0.1, 0.15) is 5.56 Å². The predicted octanol–water partition coefficient (Wildman–Crippen LogP) is 1.86. The third-order valence-corrected chi connectivity index (χ3v) is 3.54. The van der Waals surface area contributed by atoms with Crippen molar-refractivity contribution in [2.45, 2.75) is 12.6 Å². The molecule has 0 atom stereocenters. The van der Waals surface area contributed by atoms with Crippen molar-refractivity contribution in [3.8, 4) is 5.75 Å². The lowest BCUT2D eigenvalue weighted by Gasteiger charge is -2.35. The number of hydrogen-bond donors (Lipinski definition) is 1. The molecule has 1 aliphatic rings. The first-order chi connectivity index (χ1) is 7.70. The Morgan fingerprint density at radius 1 is 1.50 bits per heavy atom. The Morgan fingerprint density at radius 3 is 2.81 bits per heavy atom. The van der Waals surface area contributed by atoms with Gasteiger partial charge in [0.15, 0.2) is 0 Å². The summed E-state index contributed by atoms with van der Waals surface area (Å²) < 4.78 is 6.47. The highest BCUT2D eigenvalue weighted by Gasteiger charge is 2.22. The van der Waals surface area contributed by atoms with Crippen LogP contribution >= 0.6 is 15.9 Å². The van der Waals surface area contributed by atoms with Crippen molar-refractivity contribution in [3.05, 3.63) is 28.2 Å². The Hall–Kier alpha value is -0.580. The van der Waals surface area contributed by atoms with Crippen molar-refractivity contribution < 1.29 is 4.74 Å². The number of rotatable bonds is 4. The molecule has 1 aliphatic heterocycles. The topological polar surface area (TPSA) is 24.5 Å². The van der Waals surface area contributed by atoms with E-state index in [1.165, 1.54) is 5.56 Å². The van der Waals surface area contributed by atoms with E-state index < -0.39 is 0 Å². The Balaban J connectivity index is 2.09. The van der Waals surface area contributed by atoms with E-state index in [2.05, 4.69) is 39.3 Å². The van der Waals surface area contributed by atoms with Crippen molar-refractivity contribution in [1.29, 1.82) is 0 Å². The van der Waals surface area contributed by atoms with Crippen molar-refractivity contribution >= 4 is 15.9 Å². The van der Waals surface area contributed by atoms with Gasteiger partial charge in [0, 0.05) is 35.7 Å². The fraction of sp³-hybridized carbons (Fsp3) is 0.500. The number of nitrogens with one attached hydrogen (secondary N) is 1. The summed E-state index contributed by atoms with van der Waals surface area (Å²) in [5.41, 5.74) is 1.23. The smallest absolute Gasteiger partial charge is 0.123 e. The monoisotopic (exact) mass is 284 g/mol. The molecule has 0 aliphatic carbocycles. The number of benzene rings is 1. The third kappa shape index (κ3) is 2.56. The third-order valence-electron chi connectivity index (χ3n) is 3.05. The minimum atomic E-state index is 0.656. The molecule has 1 aromatic carbocycles. The molecule has 3 nitrogen and oxygen atoms in total. The van der Waals surface area contributed by atoms with Crippen LogP contribution in [0.4, 0.5) is 0 Å². The second-order valence-corrected chi connectivity index (χ2v) is 5.10. The molecular formula is C12H17BrN2O. The summed E-state index contributed by atoms with van der Waals surface area (Å²) in [7, 11) is 3.88. The first-order valence-electron chi connectivity index (χ1n) is 5.44. The zero-order chi connectivity index (χ0) is 11.5. The van der Waals surface area contributed by atoms with E-state index in [0.29, 0.717) is 6.04 Å². The molecule has 0 unspecified atom stereocenters. The van der Waals surface area contributed by atoms with Crippen molar-refractivity contribution in [3.63, 3.8) is 0 Å². The number of methoxy groups -OCH3 is 1. The predicted molar refractivity (Wildman–Crippen MR) is 68.8 cm³/mol. The summed E-state index contributed by atoms with van der Waals surface area (Å²) in [5, 5.41) is 3.29. The van der Waals surface area contributed by atoms with Gasteiger partial charge in [-0.1, -0.05) is 15.9 Å². The van der Waals surface area contributed by atoms with Gasteiger partial charge in [-0.15, -0.1) is 0 Å². The molecule has 0 spiro atoms. The second kappa shape index (κ2) is 5.17. The number of nitrogens with zero attached hydrogens (tertiary/aromatic N) is 1. The molecule has 0 saturated carbocycles. The van der Waals surface area contributed by atoms with Gasteiger partial charge in [0.05, 0.1) is 7.11 Å². The molecule has 1 fully saturated rings. The van der Waals surface area contributed by atoms with Crippen LogP contribution in [-0.2, 0) is 6.54 Å². The summed E-state index contributed by atoms with van der Waals surface area (Å²) >= 11 is 3.50. The van der Waals surface area contributed by atoms with E-state index in [-0.39, 0.29) is 0 Å². The van der Waals surface area contributed by atoms with Gasteiger partial charge in [0.25, 0.3) is 0 Å². The maximum Gasteiger partial charge on any atom is 0.123 e. The van der Waals surface area contributed by atoms with Crippen molar-refractivity contribution in [1.82, 2.24) is 10.2 Å². The molecule has 1 N–H and O–H groups in total. The standard InChI is InChI=1S/C12H17BrN2O/c1-15(11-6-14-7-11)8-9-5-10(13)3-4-12(9)16-2/h3-5,11,14H,6-8H2,1-2H3. The molecule has 1 aromatic rings. The molecular weight excluding hydrogens is 268 g/mol. The fourth-order valence-corrected chi connectivity index (χ4v) is 2.26. The van der Waals surface area contributed by atoms with Gasteiger partial charge in [0.2, 0.25) is 0 Å². The summed E-state index contributed by atoms with van der Waals surface area (Å²) in [5.74, 6) is 0.960. The Kier molecular flexibility index (Phi) is 3.84. The lowest BCUT2D eigenvalue weighted by molar-refractivity contribution is 0.171. The van der Waals surface area contributed by atoms with Crippen LogP contribution in [0.25, 0.3) is 0 Å². The van der Waals surface area contributed by atoms with Gasteiger partial charge in [-0.25, -0.2) is 0 Å². The average Bonchev–Trinajstić information content (AvgIpc) is 2.15. The van der Waals surface area contributed by atoms with Crippen LogP contribution in [-0.4, -0.2) is 38.2 Å². The summed E-state index contributed by atoms with van der Waals surface area (Å²) in [6, 6.07) is 6.80. The summed E-state index contributed by atoms with van der Waals surface area (Å²) in [6.07, 6.45) is 0. The van der Waals surface area contributed by atoms with Gasteiger partial charge in [-0.3, -0.25) is 4.90 Å². The summed E-state index contributed by atoms with van der Waals surface area (Å²) in [6.45, 7) is 3.11. The first kappa shape index (κ1) is 11.9. The minimum Gasteiger partial charge on any atom is -0.496 e. The number of ether oxygens (including phenoxy) is 1. The van der Waals surface area contributed by atoms with Crippen LogP contribution in [0.3, 0.4) is 0 Å². The van der Waals surface area contributed by atoms with Gasteiger partial charge < -0.3 is 10.1 Å². The molecule has 2 rings (SSSR count).